The summed E-state index contributed by atoms with van der Waals surface area (Å²) >= 11 is 0. The maximum Gasteiger partial charge on any atom is 0.162 e. The van der Waals surface area contributed by atoms with Gasteiger partial charge in [0, 0.05) is 32.3 Å². The Kier molecular flexibility index (Phi) is 6.38. The van der Waals surface area contributed by atoms with Crippen LogP contribution in [0.1, 0.15) is 6.42 Å². The third kappa shape index (κ3) is 4.85. The quantitative estimate of drug-likeness (QED) is 0.574. The predicted molar refractivity (Wildman–Crippen MR) is 63.6 cm³/mol. The number of rotatable bonds is 8. The molecule has 0 fully saturated rings. The Balaban J connectivity index is 2.25. The van der Waals surface area contributed by atoms with Crippen LogP contribution in [0.3, 0.4) is 0 Å². The van der Waals surface area contributed by atoms with E-state index < -0.39 is 11.6 Å². The van der Waals surface area contributed by atoms with Crippen LogP contribution in [0.4, 0.5) is 14.5 Å². The van der Waals surface area contributed by atoms with Crippen molar-refractivity contribution in [1.29, 1.82) is 0 Å². The summed E-state index contributed by atoms with van der Waals surface area (Å²) in [7, 11) is 1.60. The molecule has 0 saturated carbocycles. The molecule has 4 nitrogen and oxygen atoms in total. The van der Waals surface area contributed by atoms with Crippen molar-refractivity contribution >= 4 is 5.69 Å². The number of nitrogen functional groups attached to an aromatic ring is 1. The van der Waals surface area contributed by atoms with Crippen molar-refractivity contribution < 1.29 is 23.0 Å². The van der Waals surface area contributed by atoms with Crippen LogP contribution in [0.15, 0.2) is 12.1 Å². The third-order valence-electron chi connectivity index (χ3n) is 2.18. The van der Waals surface area contributed by atoms with E-state index in [4.69, 9.17) is 19.9 Å². The molecule has 1 rings (SSSR count). The molecule has 0 aliphatic carbocycles. The molecule has 0 radical (unpaired) electrons. The molecule has 102 valence electrons. The van der Waals surface area contributed by atoms with Gasteiger partial charge in [0.05, 0.1) is 25.5 Å². The molecule has 1 aromatic carbocycles. The largest absolute Gasteiger partial charge is 0.491 e. The van der Waals surface area contributed by atoms with Crippen molar-refractivity contribution in [2.45, 2.75) is 6.42 Å². The van der Waals surface area contributed by atoms with Crippen LogP contribution in [0.25, 0.3) is 0 Å². The highest BCUT2D eigenvalue weighted by Crippen LogP contribution is 2.24. The minimum Gasteiger partial charge on any atom is -0.491 e. The topological polar surface area (TPSA) is 53.7 Å². The van der Waals surface area contributed by atoms with Crippen LogP contribution in [0.5, 0.6) is 5.75 Å². The van der Waals surface area contributed by atoms with Gasteiger partial charge < -0.3 is 19.9 Å². The predicted octanol–water partition coefficient (Wildman–Crippen LogP) is 1.98. The smallest absolute Gasteiger partial charge is 0.162 e. The molecule has 0 atom stereocenters. The first-order valence-corrected chi connectivity index (χ1v) is 5.59. The molecule has 0 spiro atoms. The van der Waals surface area contributed by atoms with Gasteiger partial charge in [0.15, 0.2) is 11.6 Å². The molecule has 0 bridgehead atoms. The molecule has 0 aliphatic rings. The zero-order valence-corrected chi connectivity index (χ0v) is 10.2. The highest BCUT2D eigenvalue weighted by Gasteiger charge is 2.08. The molecule has 1 aromatic rings. The summed E-state index contributed by atoms with van der Waals surface area (Å²) in [5.74, 6) is -1.82. The van der Waals surface area contributed by atoms with E-state index in [1.165, 1.54) is 0 Å². The summed E-state index contributed by atoms with van der Waals surface area (Å²) in [6.45, 7) is 1.88. The van der Waals surface area contributed by atoms with Gasteiger partial charge in [-0.25, -0.2) is 8.78 Å². The van der Waals surface area contributed by atoms with Gasteiger partial charge in [0.1, 0.15) is 5.75 Å². The lowest BCUT2D eigenvalue weighted by molar-refractivity contribution is 0.0644. The zero-order chi connectivity index (χ0) is 13.4. The number of ether oxygens (including phenoxy) is 3. The first kappa shape index (κ1) is 14.7. The highest BCUT2D eigenvalue weighted by molar-refractivity contribution is 5.52. The second-order valence-corrected chi connectivity index (χ2v) is 3.61. The molecule has 0 heterocycles. The summed E-state index contributed by atoms with van der Waals surface area (Å²) in [6.07, 6.45) is 0.627. The Morgan fingerprint density at radius 2 is 1.78 bits per heavy atom. The van der Waals surface area contributed by atoms with Crippen LogP contribution < -0.4 is 10.5 Å². The van der Waals surface area contributed by atoms with Gasteiger partial charge in [-0.1, -0.05) is 0 Å². The van der Waals surface area contributed by atoms with Gasteiger partial charge in [0.25, 0.3) is 0 Å². The van der Waals surface area contributed by atoms with Gasteiger partial charge in [-0.05, 0) is 0 Å². The maximum absolute atomic E-state index is 12.9. The second kappa shape index (κ2) is 7.84. The van der Waals surface area contributed by atoms with Gasteiger partial charge in [-0.15, -0.1) is 0 Å². The van der Waals surface area contributed by atoms with E-state index in [1.54, 1.807) is 7.11 Å². The average molecular weight is 261 g/mol. The van der Waals surface area contributed by atoms with E-state index in [0.29, 0.717) is 32.8 Å². The SMILES string of the molecule is COCCOCCCOc1cc(F)c(F)cc1N. The Morgan fingerprint density at radius 1 is 1.06 bits per heavy atom. The lowest BCUT2D eigenvalue weighted by Gasteiger charge is -2.09. The van der Waals surface area contributed by atoms with Gasteiger partial charge in [-0.3, -0.25) is 0 Å². The fraction of sp³-hybridized carbons (Fsp3) is 0.500. The molecule has 0 amide bonds. The highest BCUT2D eigenvalue weighted by atomic mass is 19.2. The maximum atomic E-state index is 12.9. The summed E-state index contributed by atoms with van der Waals surface area (Å²) in [6, 6.07) is 1.84. The van der Waals surface area contributed by atoms with Crippen LogP contribution in [0.2, 0.25) is 0 Å². The number of anilines is 1. The number of halogens is 2. The zero-order valence-electron chi connectivity index (χ0n) is 10.2. The molecule has 0 aliphatic heterocycles. The molecule has 0 aromatic heterocycles. The summed E-state index contributed by atoms with van der Waals surface area (Å²) in [4.78, 5) is 0. The minimum absolute atomic E-state index is 0.0780. The van der Waals surface area contributed by atoms with Crippen molar-refractivity contribution in [3.63, 3.8) is 0 Å². The summed E-state index contributed by atoms with van der Waals surface area (Å²) in [5, 5.41) is 0. The number of benzene rings is 1. The summed E-state index contributed by atoms with van der Waals surface area (Å²) in [5.41, 5.74) is 5.57. The van der Waals surface area contributed by atoms with Crippen molar-refractivity contribution in [2.75, 3.05) is 39.3 Å². The molecule has 0 saturated heterocycles. The van der Waals surface area contributed by atoms with E-state index >= 15 is 0 Å². The van der Waals surface area contributed by atoms with Gasteiger partial charge in [-0.2, -0.15) is 0 Å². The van der Waals surface area contributed by atoms with Crippen LogP contribution in [-0.2, 0) is 9.47 Å². The first-order chi connectivity index (χ1) is 8.65. The van der Waals surface area contributed by atoms with Crippen LogP contribution in [-0.4, -0.2) is 33.5 Å². The molecular formula is C12H17F2NO3. The van der Waals surface area contributed by atoms with Crippen molar-refractivity contribution in [3.8, 4) is 5.75 Å². The normalized spacial score (nSPS) is 10.6. The number of methoxy groups -OCH3 is 1. The van der Waals surface area contributed by atoms with Crippen molar-refractivity contribution in [3.05, 3.63) is 23.8 Å². The van der Waals surface area contributed by atoms with Gasteiger partial charge >= 0.3 is 0 Å². The lowest BCUT2D eigenvalue weighted by Crippen LogP contribution is -2.07. The molecule has 18 heavy (non-hydrogen) atoms. The Bertz CT molecular complexity index is 375. The molecule has 0 unspecified atom stereocenters. The van der Waals surface area contributed by atoms with E-state index in [2.05, 4.69) is 0 Å². The van der Waals surface area contributed by atoms with Gasteiger partial charge in [0.2, 0.25) is 0 Å². The number of hydrogen-bond donors (Lipinski definition) is 1. The Labute approximate surface area is 105 Å². The third-order valence-corrected chi connectivity index (χ3v) is 2.18. The number of nitrogens with two attached hydrogens (primary N) is 1. The fourth-order valence-corrected chi connectivity index (χ4v) is 1.26. The van der Waals surface area contributed by atoms with E-state index in [9.17, 15) is 8.78 Å². The Morgan fingerprint density at radius 3 is 2.50 bits per heavy atom. The fourth-order valence-electron chi connectivity index (χ4n) is 1.26. The minimum atomic E-state index is -0.984. The molecule has 2 N–H and O–H groups in total. The first-order valence-electron chi connectivity index (χ1n) is 5.59. The van der Waals surface area contributed by atoms with Crippen molar-refractivity contribution in [1.82, 2.24) is 0 Å². The van der Waals surface area contributed by atoms with Crippen LogP contribution >= 0.6 is 0 Å². The van der Waals surface area contributed by atoms with E-state index in [0.717, 1.165) is 12.1 Å². The van der Waals surface area contributed by atoms with E-state index in [1.807, 2.05) is 0 Å². The van der Waals surface area contributed by atoms with Crippen LogP contribution in [0, 0.1) is 11.6 Å². The molecular weight excluding hydrogens is 244 g/mol. The Hall–Kier alpha value is -1.40. The van der Waals surface area contributed by atoms with E-state index in [-0.39, 0.29) is 11.4 Å². The number of hydrogen-bond acceptors (Lipinski definition) is 4. The second-order valence-electron chi connectivity index (χ2n) is 3.61. The standard InChI is InChI=1S/C12H17F2NO3/c1-16-5-6-17-3-2-4-18-12-8-10(14)9(13)7-11(12)15/h7-8H,2-6,15H2,1H3. The summed E-state index contributed by atoms with van der Waals surface area (Å²) < 4.78 is 41.0. The average Bonchev–Trinajstić information content (AvgIpc) is 2.34. The lowest BCUT2D eigenvalue weighted by atomic mass is 10.3. The molecule has 6 heteroatoms. The monoisotopic (exact) mass is 261 g/mol. The van der Waals surface area contributed by atoms with Crippen molar-refractivity contribution in [2.24, 2.45) is 0 Å².